The minimum Gasteiger partial charge on any atom is -0.388 e. The molecule has 22 heavy (non-hydrogen) atoms. The van der Waals surface area contributed by atoms with E-state index in [0.717, 1.165) is 41.5 Å². The number of hydrogen-bond donors (Lipinski definition) is 2. The van der Waals surface area contributed by atoms with Crippen LogP contribution in [0.5, 0.6) is 0 Å². The van der Waals surface area contributed by atoms with Crippen molar-refractivity contribution in [1.82, 2.24) is 10.3 Å². The van der Waals surface area contributed by atoms with Gasteiger partial charge in [0, 0.05) is 18.1 Å². The van der Waals surface area contributed by atoms with Gasteiger partial charge in [-0.25, -0.2) is 4.98 Å². The van der Waals surface area contributed by atoms with E-state index in [9.17, 15) is 9.90 Å². The normalized spacial score (nSPS) is 16.8. The molecule has 0 unspecified atom stereocenters. The van der Waals surface area contributed by atoms with Gasteiger partial charge in [-0.15, -0.1) is 0 Å². The van der Waals surface area contributed by atoms with Crippen LogP contribution in [0.4, 0.5) is 0 Å². The Morgan fingerprint density at radius 2 is 2.05 bits per heavy atom. The minimum absolute atomic E-state index is 0.0555. The number of aliphatic hydroxyl groups is 1. The molecule has 1 aliphatic rings. The molecule has 0 radical (unpaired) electrons. The van der Waals surface area contributed by atoms with Crippen molar-refractivity contribution in [2.45, 2.75) is 36.3 Å². The summed E-state index contributed by atoms with van der Waals surface area (Å²) in [7, 11) is 0. The van der Waals surface area contributed by atoms with Crippen LogP contribution in [-0.2, 0) is 4.79 Å². The first-order chi connectivity index (χ1) is 10.7. The Kier molecular flexibility index (Phi) is 4.64. The first-order valence-electron chi connectivity index (χ1n) is 7.62. The molecule has 1 aromatic carbocycles. The van der Waals surface area contributed by atoms with Gasteiger partial charge in [-0.3, -0.25) is 4.79 Å². The number of thioether (sulfide) groups is 1. The van der Waals surface area contributed by atoms with Crippen LogP contribution in [0.25, 0.3) is 10.8 Å². The highest BCUT2D eigenvalue weighted by molar-refractivity contribution is 8.00. The summed E-state index contributed by atoms with van der Waals surface area (Å²) in [5.41, 5.74) is -0.696. The van der Waals surface area contributed by atoms with Gasteiger partial charge >= 0.3 is 0 Å². The lowest BCUT2D eigenvalue weighted by Gasteiger charge is -2.22. The molecule has 1 aliphatic carbocycles. The van der Waals surface area contributed by atoms with Crippen LogP contribution in [0.1, 0.15) is 25.7 Å². The zero-order chi connectivity index (χ0) is 15.4. The SMILES string of the molecule is O=C(CSc1nccc2ccccc12)NCC1(O)CCCC1. The maximum atomic E-state index is 12.0. The van der Waals surface area contributed by atoms with Crippen molar-refractivity contribution in [1.29, 1.82) is 0 Å². The number of benzene rings is 1. The lowest BCUT2D eigenvalue weighted by atomic mass is 10.0. The molecule has 1 aromatic heterocycles. The first kappa shape index (κ1) is 15.3. The fourth-order valence-corrected chi connectivity index (χ4v) is 3.71. The Bertz CT molecular complexity index is 663. The number of pyridine rings is 1. The summed E-state index contributed by atoms with van der Waals surface area (Å²) in [6.07, 6.45) is 5.42. The molecular formula is C17H20N2O2S. The molecule has 3 rings (SSSR count). The van der Waals surface area contributed by atoms with Gasteiger partial charge in [0.2, 0.25) is 5.91 Å². The second-order valence-corrected chi connectivity index (χ2v) is 6.80. The molecule has 1 fully saturated rings. The van der Waals surface area contributed by atoms with E-state index in [1.807, 2.05) is 30.3 Å². The molecule has 4 nitrogen and oxygen atoms in total. The molecule has 2 aromatic rings. The number of hydrogen-bond acceptors (Lipinski definition) is 4. The van der Waals surface area contributed by atoms with Crippen LogP contribution in [-0.4, -0.2) is 33.9 Å². The Morgan fingerprint density at radius 1 is 1.27 bits per heavy atom. The van der Waals surface area contributed by atoms with Crippen molar-refractivity contribution in [2.75, 3.05) is 12.3 Å². The zero-order valence-corrected chi connectivity index (χ0v) is 13.2. The van der Waals surface area contributed by atoms with Gasteiger partial charge in [0.25, 0.3) is 0 Å². The number of nitrogens with one attached hydrogen (secondary N) is 1. The van der Waals surface area contributed by atoms with Gasteiger partial charge in [0.1, 0.15) is 5.03 Å². The summed E-state index contributed by atoms with van der Waals surface area (Å²) in [4.78, 5) is 16.3. The Morgan fingerprint density at radius 3 is 2.86 bits per heavy atom. The molecule has 0 bridgehead atoms. The van der Waals surface area contributed by atoms with Crippen molar-refractivity contribution < 1.29 is 9.90 Å². The first-order valence-corrected chi connectivity index (χ1v) is 8.61. The van der Waals surface area contributed by atoms with Crippen LogP contribution in [0.15, 0.2) is 41.6 Å². The maximum absolute atomic E-state index is 12.0. The monoisotopic (exact) mass is 316 g/mol. The summed E-state index contributed by atoms with van der Waals surface area (Å²) in [6, 6.07) is 9.99. The molecule has 0 aliphatic heterocycles. The van der Waals surface area contributed by atoms with Gasteiger partial charge in [-0.05, 0) is 24.3 Å². The average molecular weight is 316 g/mol. The van der Waals surface area contributed by atoms with E-state index in [1.165, 1.54) is 11.8 Å². The van der Waals surface area contributed by atoms with Crippen LogP contribution in [0.2, 0.25) is 0 Å². The highest BCUT2D eigenvalue weighted by atomic mass is 32.2. The Balaban J connectivity index is 1.56. The zero-order valence-electron chi connectivity index (χ0n) is 12.4. The summed E-state index contributed by atoms with van der Waals surface area (Å²) >= 11 is 1.43. The topological polar surface area (TPSA) is 62.2 Å². The number of aromatic nitrogens is 1. The Hall–Kier alpha value is -1.59. The quantitative estimate of drug-likeness (QED) is 0.833. The second kappa shape index (κ2) is 6.67. The molecule has 5 heteroatoms. The van der Waals surface area contributed by atoms with Crippen molar-refractivity contribution in [2.24, 2.45) is 0 Å². The van der Waals surface area contributed by atoms with Gasteiger partial charge in [-0.1, -0.05) is 48.9 Å². The molecule has 0 saturated heterocycles. The number of nitrogens with zero attached hydrogens (tertiary/aromatic N) is 1. The van der Waals surface area contributed by atoms with Crippen molar-refractivity contribution in [3.05, 3.63) is 36.5 Å². The predicted molar refractivity (Wildman–Crippen MR) is 88.9 cm³/mol. The van der Waals surface area contributed by atoms with E-state index in [0.29, 0.717) is 12.3 Å². The lowest BCUT2D eigenvalue weighted by Crippen LogP contribution is -2.41. The van der Waals surface area contributed by atoms with Crippen LogP contribution < -0.4 is 5.32 Å². The smallest absolute Gasteiger partial charge is 0.230 e. The number of carbonyl (C=O) groups excluding carboxylic acids is 1. The Labute approximate surface area is 134 Å². The van der Waals surface area contributed by atoms with Crippen LogP contribution >= 0.6 is 11.8 Å². The highest BCUT2D eigenvalue weighted by Crippen LogP contribution is 2.29. The average Bonchev–Trinajstić information content (AvgIpc) is 2.98. The molecule has 116 valence electrons. The summed E-state index contributed by atoms with van der Waals surface area (Å²) in [5, 5.41) is 16.1. The lowest BCUT2D eigenvalue weighted by molar-refractivity contribution is -0.119. The van der Waals surface area contributed by atoms with Gasteiger partial charge in [-0.2, -0.15) is 0 Å². The van der Waals surface area contributed by atoms with Gasteiger partial charge < -0.3 is 10.4 Å². The molecule has 0 spiro atoms. The molecule has 1 heterocycles. The van der Waals surface area contributed by atoms with Crippen molar-refractivity contribution in [3.8, 4) is 0 Å². The van der Waals surface area contributed by atoms with E-state index in [4.69, 9.17) is 0 Å². The largest absolute Gasteiger partial charge is 0.388 e. The van der Waals surface area contributed by atoms with E-state index >= 15 is 0 Å². The summed E-state index contributed by atoms with van der Waals surface area (Å²) in [6.45, 7) is 0.357. The van der Waals surface area contributed by atoms with E-state index < -0.39 is 5.60 Å². The molecule has 1 saturated carbocycles. The number of carbonyl (C=O) groups is 1. The molecule has 2 N–H and O–H groups in total. The maximum Gasteiger partial charge on any atom is 0.230 e. The molecule has 0 atom stereocenters. The number of rotatable bonds is 5. The van der Waals surface area contributed by atoms with E-state index in [2.05, 4.69) is 10.3 Å². The van der Waals surface area contributed by atoms with Crippen LogP contribution in [0, 0.1) is 0 Å². The molecular weight excluding hydrogens is 296 g/mol. The number of amides is 1. The van der Waals surface area contributed by atoms with E-state index in [-0.39, 0.29) is 5.91 Å². The predicted octanol–water partition coefficient (Wildman–Crippen LogP) is 2.75. The third-order valence-electron chi connectivity index (χ3n) is 4.13. The van der Waals surface area contributed by atoms with Crippen LogP contribution in [0.3, 0.4) is 0 Å². The third-order valence-corrected chi connectivity index (χ3v) is 5.13. The fraction of sp³-hybridized carbons (Fsp3) is 0.412. The molecule has 1 amide bonds. The number of fused-ring (bicyclic) bond motifs is 1. The summed E-state index contributed by atoms with van der Waals surface area (Å²) < 4.78 is 0. The third kappa shape index (κ3) is 3.59. The summed E-state index contributed by atoms with van der Waals surface area (Å²) in [5.74, 6) is 0.261. The second-order valence-electron chi connectivity index (χ2n) is 5.83. The fourth-order valence-electron chi connectivity index (χ4n) is 2.86. The van der Waals surface area contributed by atoms with Crippen molar-refractivity contribution in [3.63, 3.8) is 0 Å². The minimum atomic E-state index is -0.696. The van der Waals surface area contributed by atoms with Gasteiger partial charge in [0.05, 0.1) is 11.4 Å². The highest BCUT2D eigenvalue weighted by Gasteiger charge is 2.31. The van der Waals surface area contributed by atoms with Crippen molar-refractivity contribution >= 4 is 28.4 Å². The standard InChI is InChI=1S/C17H20N2O2S/c20-15(19-12-17(21)8-3-4-9-17)11-22-16-14-6-2-1-5-13(14)7-10-18-16/h1-2,5-7,10,21H,3-4,8-9,11-12H2,(H,19,20). The van der Waals surface area contributed by atoms with Gasteiger partial charge in [0.15, 0.2) is 0 Å². The van der Waals surface area contributed by atoms with E-state index in [1.54, 1.807) is 6.20 Å².